The Bertz CT molecular complexity index is 1450. The summed E-state index contributed by atoms with van der Waals surface area (Å²) in [5, 5.41) is 13.4. The average molecular weight is 486 g/mol. The van der Waals surface area contributed by atoms with Crippen LogP contribution in [0.4, 0.5) is 0 Å². The number of nitrogens with zero attached hydrogens (tertiary/aromatic N) is 1. The van der Waals surface area contributed by atoms with Gasteiger partial charge in [-0.05, 0) is 73.4 Å². The van der Waals surface area contributed by atoms with Crippen molar-refractivity contribution in [3.8, 4) is 16.9 Å². The minimum absolute atomic E-state index is 0.287. The molecule has 0 aliphatic carbocycles. The van der Waals surface area contributed by atoms with E-state index in [9.17, 15) is 9.90 Å². The molecule has 0 spiro atoms. The monoisotopic (exact) mass is 485 g/mol. The van der Waals surface area contributed by atoms with E-state index in [0.717, 1.165) is 50.5 Å². The maximum atomic E-state index is 12.7. The average Bonchev–Trinajstić information content (AvgIpc) is 2.86. The minimum Gasteiger partial charge on any atom is -0.493 e. The lowest BCUT2D eigenvalue weighted by Gasteiger charge is -2.31. The number of carboxylic acids is 1. The van der Waals surface area contributed by atoms with Gasteiger partial charge in [-0.25, -0.2) is 4.79 Å². The second kappa shape index (κ2) is 9.52. The number of aliphatic carboxylic acids is 1. The quantitative estimate of drug-likeness (QED) is 0.318. The summed E-state index contributed by atoms with van der Waals surface area (Å²) in [6.07, 6.45) is 1.44. The lowest BCUT2D eigenvalue weighted by atomic mass is 9.85. The van der Waals surface area contributed by atoms with Gasteiger partial charge >= 0.3 is 5.97 Å². The van der Waals surface area contributed by atoms with Gasteiger partial charge in [-0.2, -0.15) is 0 Å². The highest BCUT2D eigenvalue weighted by atomic mass is 16.6. The van der Waals surface area contributed by atoms with E-state index >= 15 is 0 Å². The number of rotatable bonds is 8. The Morgan fingerprint density at radius 2 is 2.00 bits per heavy atom. The molecule has 1 aromatic heterocycles. The number of hydrogen-bond donors (Lipinski definition) is 1. The Hall–Kier alpha value is -3.48. The van der Waals surface area contributed by atoms with Crippen molar-refractivity contribution in [2.45, 2.75) is 45.8 Å². The van der Waals surface area contributed by atoms with Crippen molar-refractivity contribution in [2.24, 2.45) is 0 Å². The van der Waals surface area contributed by atoms with Crippen LogP contribution in [0.1, 0.15) is 43.6 Å². The van der Waals surface area contributed by atoms with Crippen LogP contribution in [0.3, 0.4) is 0 Å². The highest BCUT2D eigenvalue weighted by Crippen LogP contribution is 2.45. The molecule has 2 heterocycles. The van der Waals surface area contributed by atoms with Gasteiger partial charge in [0.15, 0.2) is 6.10 Å². The smallest absolute Gasteiger partial charge is 0.337 e. The SMILES string of the molecule is CCOCC(C)(C)OC(C(=O)O)c1c(C)cc2ccccc2c1-c1ccc2c3c(ccnc13)CCO2. The number of aryl methyl sites for hydroxylation is 1. The van der Waals surface area contributed by atoms with E-state index in [0.29, 0.717) is 18.8 Å². The van der Waals surface area contributed by atoms with Crippen LogP contribution in [0.15, 0.2) is 54.7 Å². The molecular weight excluding hydrogens is 454 g/mol. The largest absolute Gasteiger partial charge is 0.493 e. The molecule has 0 bridgehead atoms. The van der Waals surface area contributed by atoms with E-state index in [-0.39, 0.29) is 6.61 Å². The van der Waals surface area contributed by atoms with Gasteiger partial charge in [0.1, 0.15) is 5.75 Å². The van der Waals surface area contributed by atoms with Crippen LogP contribution >= 0.6 is 0 Å². The molecule has 4 aromatic rings. The normalized spacial score (nSPS) is 14.1. The van der Waals surface area contributed by atoms with Crippen LogP contribution in [0.25, 0.3) is 32.8 Å². The molecule has 3 aromatic carbocycles. The topological polar surface area (TPSA) is 77.9 Å². The van der Waals surface area contributed by atoms with Gasteiger partial charge in [0.25, 0.3) is 0 Å². The Morgan fingerprint density at radius 1 is 1.19 bits per heavy atom. The second-order valence-electron chi connectivity index (χ2n) is 9.84. The number of fused-ring (bicyclic) bond motifs is 1. The van der Waals surface area contributed by atoms with Gasteiger partial charge < -0.3 is 19.3 Å². The molecule has 0 saturated heterocycles. The molecule has 1 unspecified atom stereocenters. The first-order chi connectivity index (χ1) is 17.3. The molecule has 0 radical (unpaired) electrons. The molecule has 186 valence electrons. The summed E-state index contributed by atoms with van der Waals surface area (Å²) < 4.78 is 17.8. The number of carbonyl (C=O) groups is 1. The van der Waals surface area contributed by atoms with E-state index in [4.69, 9.17) is 19.2 Å². The predicted molar refractivity (Wildman–Crippen MR) is 141 cm³/mol. The number of ether oxygens (including phenoxy) is 3. The Morgan fingerprint density at radius 3 is 2.78 bits per heavy atom. The maximum absolute atomic E-state index is 12.7. The van der Waals surface area contributed by atoms with Crippen molar-refractivity contribution in [3.05, 3.63) is 71.4 Å². The fourth-order valence-corrected chi connectivity index (χ4v) is 5.17. The Balaban J connectivity index is 1.81. The third-order valence-electron chi connectivity index (χ3n) is 6.71. The van der Waals surface area contributed by atoms with Crippen molar-refractivity contribution in [1.29, 1.82) is 0 Å². The number of hydrogen-bond acceptors (Lipinski definition) is 5. The number of pyridine rings is 1. The van der Waals surface area contributed by atoms with Crippen molar-refractivity contribution >= 4 is 27.6 Å². The fraction of sp³-hybridized carbons (Fsp3) is 0.333. The summed E-state index contributed by atoms with van der Waals surface area (Å²) in [6, 6.07) is 16.1. The summed E-state index contributed by atoms with van der Waals surface area (Å²) in [5.41, 5.74) is 4.36. The van der Waals surface area contributed by atoms with Crippen LogP contribution in [-0.2, 0) is 20.7 Å². The Kier molecular flexibility index (Phi) is 6.41. The molecule has 1 atom stereocenters. The molecule has 0 amide bonds. The molecule has 5 rings (SSSR count). The van der Waals surface area contributed by atoms with Gasteiger partial charge in [-0.1, -0.05) is 30.3 Å². The van der Waals surface area contributed by atoms with E-state index in [1.807, 2.05) is 82.4 Å². The summed E-state index contributed by atoms with van der Waals surface area (Å²) in [4.78, 5) is 17.5. The van der Waals surface area contributed by atoms with Crippen LogP contribution in [0, 0.1) is 6.92 Å². The van der Waals surface area contributed by atoms with Gasteiger partial charge in [0, 0.05) is 35.7 Å². The Labute approximate surface area is 210 Å². The number of benzene rings is 3. The number of aromatic nitrogens is 1. The summed E-state index contributed by atoms with van der Waals surface area (Å²) >= 11 is 0. The van der Waals surface area contributed by atoms with Crippen molar-refractivity contribution in [3.63, 3.8) is 0 Å². The summed E-state index contributed by atoms with van der Waals surface area (Å²) in [6.45, 7) is 9.01. The zero-order valence-electron chi connectivity index (χ0n) is 21.1. The lowest BCUT2D eigenvalue weighted by molar-refractivity contribution is -0.168. The highest BCUT2D eigenvalue weighted by molar-refractivity contribution is 6.08. The van der Waals surface area contributed by atoms with Crippen LogP contribution in [0.5, 0.6) is 5.75 Å². The predicted octanol–water partition coefficient (Wildman–Crippen LogP) is 6.26. The van der Waals surface area contributed by atoms with E-state index in [2.05, 4.69) is 0 Å². The first kappa shape index (κ1) is 24.2. The minimum atomic E-state index is -1.19. The van der Waals surface area contributed by atoms with E-state index in [1.54, 1.807) is 0 Å². The van der Waals surface area contributed by atoms with Crippen molar-refractivity contribution < 1.29 is 24.1 Å². The van der Waals surface area contributed by atoms with E-state index < -0.39 is 17.7 Å². The van der Waals surface area contributed by atoms with Crippen molar-refractivity contribution in [1.82, 2.24) is 4.98 Å². The molecule has 0 fully saturated rings. The molecular formula is C30H31NO5. The van der Waals surface area contributed by atoms with E-state index in [1.165, 1.54) is 5.56 Å². The van der Waals surface area contributed by atoms with Crippen LogP contribution in [0.2, 0.25) is 0 Å². The first-order valence-electron chi connectivity index (χ1n) is 12.3. The molecule has 36 heavy (non-hydrogen) atoms. The summed E-state index contributed by atoms with van der Waals surface area (Å²) in [5.74, 6) is -0.233. The standard InChI is InChI=1S/C30H31NO5/c1-5-34-17-30(3,4)36-28(29(32)33)24-18(2)16-20-8-6-7-9-21(20)26(24)22-10-11-23-25-19(13-15-35-23)12-14-31-27(22)25/h6-12,14,16,28H,5,13,15,17H2,1-4H3,(H,32,33). The number of carboxylic acid groups (broad SMARTS) is 1. The van der Waals surface area contributed by atoms with Gasteiger partial charge in [0.2, 0.25) is 0 Å². The molecule has 6 heteroatoms. The second-order valence-corrected chi connectivity index (χ2v) is 9.84. The molecule has 1 aliphatic heterocycles. The first-order valence-corrected chi connectivity index (χ1v) is 12.3. The molecule has 6 nitrogen and oxygen atoms in total. The maximum Gasteiger partial charge on any atom is 0.337 e. The lowest BCUT2D eigenvalue weighted by Crippen LogP contribution is -2.35. The molecule has 1 N–H and O–H groups in total. The summed E-state index contributed by atoms with van der Waals surface area (Å²) in [7, 11) is 0. The van der Waals surface area contributed by atoms with Crippen LogP contribution < -0.4 is 4.74 Å². The third kappa shape index (κ3) is 4.31. The fourth-order valence-electron chi connectivity index (χ4n) is 5.17. The van der Waals surface area contributed by atoms with Gasteiger partial charge in [-0.3, -0.25) is 4.98 Å². The van der Waals surface area contributed by atoms with Crippen molar-refractivity contribution in [2.75, 3.05) is 19.8 Å². The molecule has 0 saturated carbocycles. The van der Waals surface area contributed by atoms with Gasteiger partial charge in [-0.15, -0.1) is 0 Å². The third-order valence-corrected chi connectivity index (χ3v) is 6.71. The van der Waals surface area contributed by atoms with Crippen LogP contribution in [-0.4, -0.2) is 41.5 Å². The zero-order valence-corrected chi connectivity index (χ0v) is 21.1. The van der Waals surface area contributed by atoms with Gasteiger partial charge in [0.05, 0.1) is 24.3 Å². The zero-order chi connectivity index (χ0) is 25.4. The molecule has 1 aliphatic rings. The highest BCUT2D eigenvalue weighted by Gasteiger charge is 2.34.